The summed E-state index contributed by atoms with van der Waals surface area (Å²) >= 11 is 0. The Hall–Kier alpha value is -3.00. The number of nitrogens with zero attached hydrogens (tertiary/aromatic N) is 1. The Balaban J connectivity index is 1.97. The average Bonchev–Trinajstić information content (AvgIpc) is 2.90. The van der Waals surface area contributed by atoms with Crippen LogP contribution in [0.25, 0.3) is 0 Å². The first kappa shape index (κ1) is 31.2. The third-order valence-electron chi connectivity index (χ3n) is 6.13. The van der Waals surface area contributed by atoms with Crippen LogP contribution in [0.4, 0.5) is 8.78 Å². The van der Waals surface area contributed by atoms with E-state index >= 15 is 0 Å². The number of amides is 1. The second-order valence-corrected chi connectivity index (χ2v) is 9.15. The highest BCUT2D eigenvalue weighted by molar-refractivity contribution is 5.77. The molecule has 0 bridgehead atoms. The van der Waals surface area contributed by atoms with Gasteiger partial charge in [-0.05, 0) is 44.0 Å². The molecule has 0 aromatic heterocycles. The van der Waals surface area contributed by atoms with Gasteiger partial charge in [0.15, 0.2) is 12.7 Å². The largest absolute Gasteiger partial charge is 0.484 e. The third kappa shape index (κ3) is 11.2. The van der Waals surface area contributed by atoms with Gasteiger partial charge in [0.05, 0.1) is 6.61 Å². The molecule has 210 valence electrons. The maximum atomic E-state index is 14.3. The molecule has 2 aromatic rings. The van der Waals surface area contributed by atoms with E-state index in [1.807, 2.05) is 19.1 Å². The minimum atomic E-state index is -0.685. The molecule has 0 aliphatic heterocycles. The van der Waals surface area contributed by atoms with Crippen molar-refractivity contribution in [3.8, 4) is 5.75 Å². The summed E-state index contributed by atoms with van der Waals surface area (Å²) in [6.07, 6.45) is 6.04. The Morgan fingerprint density at radius 3 is 2.26 bits per heavy atom. The summed E-state index contributed by atoms with van der Waals surface area (Å²) in [6.45, 7) is 6.72. The summed E-state index contributed by atoms with van der Waals surface area (Å²) in [5, 5.41) is 0. The minimum absolute atomic E-state index is 0.0505. The molecule has 38 heavy (non-hydrogen) atoms. The summed E-state index contributed by atoms with van der Waals surface area (Å²) in [7, 11) is 0. The molecule has 0 heterocycles. The van der Waals surface area contributed by atoms with E-state index in [1.165, 1.54) is 18.6 Å². The summed E-state index contributed by atoms with van der Waals surface area (Å²) in [5.41, 5.74) is 1.13. The number of carbonyl (C=O) groups is 2. The van der Waals surface area contributed by atoms with Gasteiger partial charge in [-0.2, -0.15) is 0 Å². The van der Waals surface area contributed by atoms with Crippen LogP contribution in [0.2, 0.25) is 0 Å². The molecule has 0 saturated carbocycles. The van der Waals surface area contributed by atoms with Gasteiger partial charge >= 0.3 is 5.97 Å². The quantitative estimate of drug-likeness (QED) is 0.168. The number of halogens is 2. The van der Waals surface area contributed by atoms with Crippen molar-refractivity contribution in [3.63, 3.8) is 0 Å². The minimum Gasteiger partial charge on any atom is -0.484 e. The van der Waals surface area contributed by atoms with Crippen LogP contribution >= 0.6 is 0 Å². The van der Waals surface area contributed by atoms with Crippen molar-refractivity contribution < 1.29 is 32.6 Å². The first-order chi connectivity index (χ1) is 18.4. The van der Waals surface area contributed by atoms with Crippen molar-refractivity contribution >= 4 is 11.9 Å². The van der Waals surface area contributed by atoms with E-state index in [2.05, 4.69) is 6.92 Å². The first-order valence-electron chi connectivity index (χ1n) is 13.6. The van der Waals surface area contributed by atoms with Crippen LogP contribution in [0, 0.1) is 11.6 Å². The molecule has 0 aliphatic carbocycles. The Morgan fingerprint density at radius 1 is 0.895 bits per heavy atom. The van der Waals surface area contributed by atoms with Crippen LogP contribution < -0.4 is 4.74 Å². The highest BCUT2D eigenvalue weighted by atomic mass is 19.1. The number of hydrogen-bond donors (Lipinski definition) is 0. The lowest BCUT2D eigenvalue weighted by atomic mass is 10.1. The smallest absolute Gasteiger partial charge is 0.335 e. The van der Waals surface area contributed by atoms with Crippen LogP contribution in [0.5, 0.6) is 5.75 Å². The molecule has 2 rings (SSSR count). The van der Waals surface area contributed by atoms with E-state index in [0.29, 0.717) is 25.3 Å². The van der Waals surface area contributed by atoms with Gasteiger partial charge in [0.25, 0.3) is 5.91 Å². The molecule has 2 aromatic carbocycles. The van der Waals surface area contributed by atoms with Gasteiger partial charge in [0, 0.05) is 37.7 Å². The monoisotopic (exact) mass is 533 g/mol. The van der Waals surface area contributed by atoms with E-state index in [1.54, 1.807) is 24.0 Å². The average molecular weight is 534 g/mol. The number of esters is 1. The molecule has 1 amide bonds. The predicted octanol–water partition coefficient (Wildman–Crippen LogP) is 6.24. The number of benzene rings is 2. The second kappa shape index (κ2) is 17.5. The highest BCUT2D eigenvalue weighted by Gasteiger charge is 2.21. The summed E-state index contributed by atoms with van der Waals surface area (Å²) in [5.74, 6) is -1.50. The summed E-state index contributed by atoms with van der Waals surface area (Å²) < 4.78 is 43.9. The number of hydrogen-bond acceptors (Lipinski definition) is 5. The topological polar surface area (TPSA) is 65.1 Å². The molecule has 6 nitrogen and oxygen atoms in total. The fraction of sp³-hybridized carbons (Fsp3) is 0.533. The SMILES string of the molecule is CCCCCCCCN(Cc1ccc(F)cc1F)C(=O)COc1ccc(C[C@H](OCC)C(=O)OCC)cc1. The van der Waals surface area contributed by atoms with Gasteiger partial charge in [-0.3, -0.25) is 4.79 Å². The van der Waals surface area contributed by atoms with E-state index < -0.39 is 23.7 Å². The van der Waals surface area contributed by atoms with Crippen LogP contribution in [0.3, 0.4) is 0 Å². The van der Waals surface area contributed by atoms with Gasteiger partial charge in [-0.15, -0.1) is 0 Å². The molecule has 0 N–H and O–H groups in total. The van der Waals surface area contributed by atoms with Gasteiger partial charge in [-0.1, -0.05) is 57.2 Å². The predicted molar refractivity (Wildman–Crippen MR) is 143 cm³/mol. The zero-order chi connectivity index (χ0) is 27.8. The van der Waals surface area contributed by atoms with E-state index in [-0.39, 0.29) is 31.2 Å². The van der Waals surface area contributed by atoms with Crippen LogP contribution in [-0.2, 0) is 32.0 Å². The molecule has 1 atom stereocenters. The Bertz CT molecular complexity index is 983. The van der Waals surface area contributed by atoms with Crippen molar-refractivity contribution in [3.05, 3.63) is 65.2 Å². The molecule has 0 saturated heterocycles. The molecule has 0 radical (unpaired) electrons. The zero-order valence-corrected chi connectivity index (χ0v) is 22.8. The van der Waals surface area contributed by atoms with Crippen LogP contribution in [-0.4, -0.2) is 49.2 Å². The molecule has 0 fully saturated rings. The molecule has 8 heteroatoms. The molecular formula is C30H41F2NO5. The molecule has 0 unspecified atom stereocenters. The maximum absolute atomic E-state index is 14.3. The van der Waals surface area contributed by atoms with Crippen molar-refractivity contribution in [1.29, 1.82) is 0 Å². The normalized spacial score (nSPS) is 11.7. The maximum Gasteiger partial charge on any atom is 0.335 e. The van der Waals surface area contributed by atoms with Gasteiger partial charge in [-0.25, -0.2) is 13.6 Å². The number of ether oxygens (including phenoxy) is 3. The number of unbranched alkanes of at least 4 members (excludes halogenated alkanes) is 5. The Kier molecular flexibility index (Phi) is 14.4. The lowest BCUT2D eigenvalue weighted by Crippen LogP contribution is -2.35. The lowest BCUT2D eigenvalue weighted by molar-refractivity contribution is -0.156. The summed E-state index contributed by atoms with van der Waals surface area (Å²) in [4.78, 5) is 26.7. The fourth-order valence-corrected chi connectivity index (χ4v) is 4.05. The molecule has 0 aliphatic rings. The zero-order valence-electron chi connectivity index (χ0n) is 22.8. The van der Waals surface area contributed by atoms with Crippen LogP contribution in [0.15, 0.2) is 42.5 Å². The fourth-order valence-electron chi connectivity index (χ4n) is 4.05. The van der Waals surface area contributed by atoms with Crippen molar-refractivity contribution in [2.45, 2.75) is 78.4 Å². The van der Waals surface area contributed by atoms with Crippen molar-refractivity contribution in [2.75, 3.05) is 26.4 Å². The number of carbonyl (C=O) groups excluding carboxylic acids is 2. The molecule has 0 spiro atoms. The standard InChI is InChI=1S/C30H41F2NO5/c1-4-7-8-9-10-11-18-33(21-24-14-15-25(31)20-27(24)32)29(34)22-38-26-16-12-23(13-17-26)19-28(36-5-2)30(35)37-6-3/h12-17,20,28H,4-11,18-19,21-22H2,1-3H3/t28-/m0/s1. The van der Waals surface area contributed by atoms with Crippen molar-refractivity contribution in [2.24, 2.45) is 0 Å². The van der Waals surface area contributed by atoms with Gasteiger partial charge in [0.2, 0.25) is 0 Å². The van der Waals surface area contributed by atoms with E-state index in [4.69, 9.17) is 14.2 Å². The first-order valence-corrected chi connectivity index (χ1v) is 13.6. The second-order valence-electron chi connectivity index (χ2n) is 9.15. The highest BCUT2D eigenvalue weighted by Crippen LogP contribution is 2.17. The lowest BCUT2D eigenvalue weighted by Gasteiger charge is -2.23. The summed E-state index contributed by atoms with van der Waals surface area (Å²) in [6, 6.07) is 10.5. The van der Waals surface area contributed by atoms with Gasteiger partial charge in [0.1, 0.15) is 17.4 Å². The van der Waals surface area contributed by atoms with E-state index in [9.17, 15) is 18.4 Å². The van der Waals surface area contributed by atoms with E-state index in [0.717, 1.165) is 43.7 Å². The van der Waals surface area contributed by atoms with Crippen molar-refractivity contribution in [1.82, 2.24) is 4.90 Å². The molecular weight excluding hydrogens is 492 g/mol. The van der Waals surface area contributed by atoms with Crippen LogP contribution in [0.1, 0.15) is 70.4 Å². The number of rotatable bonds is 18. The van der Waals surface area contributed by atoms with Gasteiger partial charge < -0.3 is 19.1 Å². The Morgan fingerprint density at radius 2 is 1.61 bits per heavy atom. The Labute approximate surface area is 225 Å². The third-order valence-corrected chi connectivity index (χ3v) is 6.13.